The molecule has 0 aliphatic heterocycles. The van der Waals surface area contributed by atoms with Crippen LogP contribution in [-0.4, -0.2) is 15.5 Å². The second kappa shape index (κ2) is 7.02. The van der Waals surface area contributed by atoms with Gasteiger partial charge in [0.05, 0.1) is 28.5 Å². The van der Waals surface area contributed by atoms with Crippen molar-refractivity contribution >= 4 is 23.1 Å². The van der Waals surface area contributed by atoms with Gasteiger partial charge in [0.25, 0.3) is 5.91 Å². The molecule has 28 heavy (non-hydrogen) atoms. The van der Waals surface area contributed by atoms with Crippen molar-refractivity contribution in [2.45, 2.75) is 12.4 Å². The molecule has 10 heteroatoms. The number of aromatic nitrogens is 2. The van der Waals surface area contributed by atoms with Crippen LogP contribution in [0.1, 0.15) is 21.5 Å². The second-order valence-electron chi connectivity index (χ2n) is 5.72. The summed E-state index contributed by atoms with van der Waals surface area (Å²) in [5, 5.41) is 2.37. The number of hydrogen-bond donors (Lipinski definition) is 1. The van der Waals surface area contributed by atoms with Crippen molar-refractivity contribution in [3.8, 4) is 0 Å². The molecular formula is C18H11F6N3O. The number of fused-ring (bicyclic) bond motifs is 1. The third kappa shape index (κ3) is 4.16. The fourth-order valence-corrected chi connectivity index (χ4v) is 2.41. The Kier molecular flexibility index (Phi) is 4.88. The maximum atomic E-state index is 12.7. The van der Waals surface area contributed by atoms with Crippen LogP contribution in [0.5, 0.6) is 0 Å². The smallest absolute Gasteiger partial charge is 0.327 e. The van der Waals surface area contributed by atoms with Gasteiger partial charge in [-0.25, -0.2) is 4.98 Å². The van der Waals surface area contributed by atoms with Crippen molar-refractivity contribution in [1.82, 2.24) is 14.9 Å². The molecule has 0 radical (unpaired) electrons. The molecule has 4 nitrogen and oxygen atoms in total. The average Bonchev–Trinajstić information content (AvgIpc) is 3.03. The standard InChI is InChI=1S/C18H11F6N3O/c19-17(20,21)12-3-1-11(2-4-12)16(28)25-7-8-27-10-26-14-9-13(18(22,23)24)5-6-15(14)27/h1-10H,(H,25,28)/b8-7+. The number of benzene rings is 2. The molecule has 1 heterocycles. The molecule has 0 aliphatic carbocycles. The highest BCUT2D eigenvalue weighted by Gasteiger charge is 2.31. The van der Waals surface area contributed by atoms with Gasteiger partial charge in [-0.05, 0) is 42.5 Å². The van der Waals surface area contributed by atoms with E-state index in [4.69, 9.17) is 0 Å². The lowest BCUT2D eigenvalue weighted by molar-refractivity contribution is -0.138. The van der Waals surface area contributed by atoms with Crippen molar-refractivity contribution in [3.63, 3.8) is 0 Å². The van der Waals surface area contributed by atoms with Crippen molar-refractivity contribution < 1.29 is 31.1 Å². The first-order valence-corrected chi connectivity index (χ1v) is 7.74. The maximum absolute atomic E-state index is 12.7. The molecule has 0 atom stereocenters. The molecule has 1 N–H and O–H groups in total. The molecule has 0 aliphatic rings. The zero-order valence-electron chi connectivity index (χ0n) is 13.8. The molecule has 0 saturated carbocycles. The summed E-state index contributed by atoms with van der Waals surface area (Å²) < 4.78 is 77.1. The molecule has 0 fully saturated rings. The lowest BCUT2D eigenvalue weighted by atomic mass is 10.1. The SMILES string of the molecule is O=C(N/C=C/n1cnc2cc(C(F)(F)F)ccc21)c1ccc(C(F)(F)F)cc1. The van der Waals surface area contributed by atoms with Gasteiger partial charge >= 0.3 is 12.4 Å². The summed E-state index contributed by atoms with van der Waals surface area (Å²) in [7, 11) is 0. The number of amides is 1. The van der Waals surface area contributed by atoms with E-state index >= 15 is 0 Å². The zero-order valence-corrected chi connectivity index (χ0v) is 13.8. The van der Waals surface area contributed by atoms with Crippen LogP contribution < -0.4 is 5.32 Å². The van der Waals surface area contributed by atoms with Gasteiger partial charge in [-0.2, -0.15) is 26.3 Å². The van der Waals surface area contributed by atoms with Crippen LogP contribution in [-0.2, 0) is 12.4 Å². The summed E-state index contributed by atoms with van der Waals surface area (Å²) in [6.07, 6.45) is -5.15. The van der Waals surface area contributed by atoms with Gasteiger partial charge in [0.15, 0.2) is 0 Å². The van der Waals surface area contributed by atoms with Gasteiger partial charge in [-0.15, -0.1) is 0 Å². The van der Waals surface area contributed by atoms with Crippen molar-refractivity contribution in [1.29, 1.82) is 0 Å². The third-order valence-corrected chi connectivity index (χ3v) is 3.83. The molecule has 146 valence electrons. The van der Waals surface area contributed by atoms with Gasteiger partial charge < -0.3 is 9.88 Å². The van der Waals surface area contributed by atoms with E-state index in [9.17, 15) is 31.1 Å². The zero-order chi connectivity index (χ0) is 20.5. The van der Waals surface area contributed by atoms with Crippen molar-refractivity contribution in [3.05, 3.63) is 71.7 Å². The Balaban J connectivity index is 1.71. The molecule has 3 aromatic rings. The number of hydrogen-bond acceptors (Lipinski definition) is 2. The first kappa shape index (κ1) is 19.5. The minimum atomic E-state index is -4.50. The van der Waals surface area contributed by atoms with Gasteiger partial charge in [0.1, 0.15) is 0 Å². The van der Waals surface area contributed by atoms with E-state index in [0.717, 1.165) is 36.4 Å². The molecule has 0 unspecified atom stereocenters. The Morgan fingerprint density at radius 1 is 0.929 bits per heavy atom. The lowest BCUT2D eigenvalue weighted by Crippen LogP contribution is -2.17. The number of imidazole rings is 1. The van der Waals surface area contributed by atoms with Crippen LogP contribution in [0.25, 0.3) is 17.2 Å². The topological polar surface area (TPSA) is 46.9 Å². The first-order chi connectivity index (χ1) is 13.1. The van der Waals surface area contributed by atoms with Crippen LogP contribution in [0.2, 0.25) is 0 Å². The van der Waals surface area contributed by atoms with Crippen LogP contribution in [0.15, 0.2) is 55.0 Å². The highest BCUT2D eigenvalue weighted by Crippen LogP contribution is 2.31. The molecule has 2 aromatic carbocycles. The van der Waals surface area contributed by atoms with E-state index in [0.29, 0.717) is 5.52 Å². The van der Waals surface area contributed by atoms with Gasteiger partial charge in [-0.3, -0.25) is 4.79 Å². The Morgan fingerprint density at radius 3 is 2.14 bits per heavy atom. The molecule has 0 saturated heterocycles. The quantitative estimate of drug-likeness (QED) is 0.635. The number of halogens is 6. The summed E-state index contributed by atoms with van der Waals surface area (Å²) in [5.41, 5.74) is -1.18. The fourth-order valence-electron chi connectivity index (χ4n) is 2.41. The highest BCUT2D eigenvalue weighted by atomic mass is 19.4. The predicted octanol–water partition coefficient (Wildman–Crippen LogP) is 4.93. The predicted molar refractivity (Wildman–Crippen MR) is 89.0 cm³/mol. The van der Waals surface area contributed by atoms with Crippen LogP contribution in [0, 0.1) is 0 Å². The van der Waals surface area contributed by atoms with E-state index in [2.05, 4.69) is 10.3 Å². The minimum absolute atomic E-state index is 0.0166. The Morgan fingerprint density at radius 2 is 1.54 bits per heavy atom. The molecule has 0 bridgehead atoms. The monoisotopic (exact) mass is 399 g/mol. The second-order valence-corrected chi connectivity index (χ2v) is 5.72. The summed E-state index contributed by atoms with van der Waals surface area (Å²) >= 11 is 0. The van der Waals surface area contributed by atoms with Crippen molar-refractivity contribution in [2.75, 3.05) is 0 Å². The highest BCUT2D eigenvalue weighted by molar-refractivity contribution is 5.95. The van der Waals surface area contributed by atoms with Crippen LogP contribution in [0.4, 0.5) is 26.3 Å². The lowest BCUT2D eigenvalue weighted by Gasteiger charge is -2.07. The summed E-state index contributed by atoms with van der Waals surface area (Å²) in [5.74, 6) is -0.645. The van der Waals surface area contributed by atoms with E-state index in [1.54, 1.807) is 0 Å². The minimum Gasteiger partial charge on any atom is -0.327 e. The summed E-state index contributed by atoms with van der Waals surface area (Å²) in [6.45, 7) is 0. The number of nitrogens with zero attached hydrogens (tertiary/aromatic N) is 2. The summed E-state index contributed by atoms with van der Waals surface area (Å²) in [6, 6.07) is 6.72. The maximum Gasteiger partial charge on any atom is 0.416 e. The normalized spacial score (nSPS) is 12.6. The number of carbonyl (C=O) groups is 1. The number of rotatable bonds is 3. The Bertz CT molecular complexity index is 1030. The Labute approximate surface area is 154 Å². The number of nitrogens with one attached hydrogen (secondary N) is 1. The van der Waals surface area contributed by atoms with E-state index < -0.39 is 29.4 Å². The third-order valence-electron chi connectivity index (χ3n) is 3.83. The average molecular weight is 399 g/mol. The fraction of sp³-hybridized carbons (Fsp3) is 0.111. The van der Waals surface area contributed by atoms with Gasteiger partial charge in [0.2, 0.25) is 0 Å². The molecule has 1 aromatic heterocycles. The molecule has 0 spiro atoms. The number of alkyl halides is 6. The van der Waals surface area contributed by atoms with Crippen LogP contribution >= 0.6 is 0 Å². The van der Waals surface area contributed by atoms with E-state index in [1.165, 1.54) is 29.4 Å². The molecular weight excluding hydrogens is 388 g/mol. The molecule has 3 rings (SSSR count). The summed E-state index contributed by atoms with van der Waals surface area (Å²) in [4.78, 5) is 15.8. The number of carbonyl (C=O) groups excluding carboxylic acids is 1. The van der Waals surface area contributed by atoms with Gasteiger partial charge in [0, 0.05) is 18.0 Å². The van der Waals surface area contributed by atoms with Crippen LogP contribution in [0.3, 0.4) is 0 Å². The Hall–Kier alpha value is -3.30. The first-order valence-electron chi connectivity index (χ1n) is 7.74. The largest absolute Gasteiger partial charge is 0.416 e. The van der Waals surface area contributed by atoms with Crippen molar-refractivity contribution in [2.24, 2.45) is 0 Å². The van der Waals surface area contributed by atoms with Gasteiger partial charge in [-0.1, -0.05) is 0 Å². The molecule has 1 amide bonds. The van der Waals surface area contributed by atoms with E-state index in [1.807, 2.05) is 0 Å². The van der Waals surface area contributed by atoms with E-state index in [-0.39, 0.29) is 11.1 Å².